The standard InChI is InChI=1S/C17H26ClN3O/c1-4-20-9-11-21(12-10-20)16(22)19-13-17(2,3)14-5-7-15(18)8-6-14/h5-8H,4,9-13H2,1-3H3,(H,19,22). The number of likely N-dealkylation sites (N-methyl/N-ethyl adjacent to an activating group) is 1. The Labute approximate surface area is 138 Å². The molecule has 2 amide bonds. The molecule has 1 aromatic rings. The zero-order valence-corrected chi connectivity index (χ0v) is 14.5. The molecule has 1 saturated heterocycles. The van der Waals surface area contributed by atoms with Gasteiger partial charge in [-0.3, -0.25) is 0 Å². The summed E-state index contributed by atoms with van der Waals surface area (Å²) >= 11 is 5.93. The van der Waals surface area contributed by atoms with Crippen LogP contribution in [0.2, 0.25) is 5.02 Å². The van der Waals surface area contributed by atoms with Crippen molar-refractivity contribution >= 4 is 17.6 Å². The van der Waals surface area contributed by atoms with Crippen LogP contribution >= 0.6 is 11.6 Å². The first-order valence-corrected chi connectivity index (χ1v) is 8.31. The highest BCUT2D eigenvalue weighted by Crippen LogP contribution is 2.23. The minimum Gasteiger partial charge on any atom is -0.337 e. The smallest absolute Gasteiger partial charge is 0.317 e. The number of nitrogens with one attached hydrogen (secondary N) is 1. The number of urea groups is 1. The second kappa shape index (κ2) is 7.34. The van der Waals surface area contributed by atoms with E-state index in [1.165, 1.54) is 5.56 Å². The number of rotatable bonds is 4. The molecule has 1 N–H and O–H groups in total. The molecule has 1 aliphatic rings. The van der Waals surface area contributed by atoms with Crippen molar-refractivity contribution in [2.24, 2.45) is 0 Å². The molecule has 0 atom stereocenters. The molecular formula is C17H26ClN3O. The minimum atomic E-state index is -0.120. The maximum absolute atomic E-state index is 12.3. The van der Waals surface area contributed by atoms with Crippen molar-refractivity contribution in [3.05, 3.63) is 34.9 Å². The minimum absolute atomic E-state index is 0.0396. The summed E-state index contributed by atoms with van der Waals surface area (Å²) in [6, 6.07) is 7.87. The Morgan fingerprint density at radius 1 is 1.18 bits per heavy atom. The van der Waals surface area contributed by atoms with E-state index in [9.17, 15) is 4.79 Å². The lowest BCUT2D eigenvalue weighted by molar-refractivity contribution is 0.142. The van der Waals surface area contributed by atoms with E-state index in [1.807, 2.05) is 29.2 Å². The summed E-state index contributed by atoms with van der Waals surface area (Å²) in [6.45, 7) is 11.6. The van der Waals surface area contributed by atoms with Crippen LogP contribution in [-0.4, -0.2) is 55.1 Å². The quantitative estimate of drug-likeness (QED) is 0.924. The van der Waals surface area contributed by atoms with Gasteiger partial charge in [-0.1, -0.05) is 44.5 Å². The fourth-order valence-electron chi connectivity index (χ4n) is 2.68. The van der Waals surface area contributed by atoms with Crippen LogP contribution in [0, 0.1) is 0 Å². The van der Waals surface area contributed by atoms with Crippen LogP contribution < -0.4 is 5.32 Å². The average molecular weight is 324 g/mol. The summed E-state index contributed by atoms with van der Waals surface area (Å²) in [5, 5.41) is 3.81. The zero-order chi connectivity index (χ0) is 16.2. The molecule has 0 bridgehead atoms. The summed E-state index contributed by atoms with van der Waals surface area (Å²) in [5.41, 5.74) is 1.05. The number of benzene rings is 1. The molecule has 0 aromatic heterocycles. The lowest BCUT2D eigenvalue weighted by atomic mass is 9.85. The zero-order valence-electron chi connectivity index (χ0n) is 13.7. The molecule has 0 spiro atoms. The van der Waals surface area contributed by atoms with Crippen LogP contribution in [0.25, 0.3) is 0 Å². The van der Waals surface area contributed by atoms with Crippen LogP contribution in [0.15, 0.2) is 24.3 Å². The van der Waals surface area contributed by atoms with Crippen molar-refractivity contribution in [1.82, 2.24) is 15.1 Å². The summed E-state index contributed by atoms with van der Waals surface area (Å²) in [4.78, 5) is 16.6. The highest BCUT2D eigenvalue weighted by atomic mass is 35.5. The van der Waals surface area contributed by atoms with Gasteiger partial charge in [-0.2, -0.15) is 0 Å². The van der Waals surface area contributed by atoms with Gasteiger partial charge in [-0.05, 0) is 24.2 Å². The van der Waals surface area contributed by atoms with Gasteiger partial charge in [-0.25, -0.2) is 4.79 Å². The van der Waals surface area contributed by atoms with Gasteiger partial charge >= 0.3 is 6.03 Å². The summed E-state index contributed by atoms with van der Waals surface area (Å²) < 4.78 is 0. The summed E-state index contributed by atoms with van der Waals surface area (Å²) in [5.74, 6) is 0. The molecule has 2 rings (SSSR count). The number of halogens is 1. The van der Waals surface area contributed by atoms with Crippen LogP contribution in [-0.2, 0) is 5.41 Å². The monoisotopic (exact) mass is 323 g/mol. The van der Waals surface area contributed by atoms with E-state index in [2.05, 4.69) is 31.0 Å². The van der Waals surface area contributed by atoms with E-state index in [-0.39, 0.29) is 11.4 Å². The largest absolute Gasteiger partial charge is 0.337 e. The predicted molar refractivity (Wildman–Crippen MR) is 91.6 cm³/mol. The van der Waals surface area contributed by atoms with E-state index in [4.69, 9.17) is 11.6 Å². The topological polar surface area (TPSA) is 35.6 Å². The molecular weight excluding hydrogens is 298 g/mol. The number of carbonyl (C=O) groups excluding carboxylic acids is 1. The van der Waals surface area contributed by atoms with E-state index in [1.54, 1.807) is 0 Å². The molecule has 4 nitrogen and oxygen atoms in total. The number of amides is 2. The predicted octanol–water partition coefficient (Wildman–Crippen LogP) is 2.96. The van der Waals surface area contributed by atoms with Crippen molar-refractivity contribution in [2.75, 3.05) is 39.3 Å². The summed E-state index contributed by atoms with van der Waals surface area (Å²) in [7, 11) is 0. The molecule has 1 fully saturated rings. The second-order valence-electron chi connectivity index (χ2n) is 6.47. The highest BCUT2D eigenvalue weighted by molar-refractivity contribution is 6.30. The third-order valence-electron chi connectivity index (χ3n) is 4.41. The number of nitrogens with zero attached hydrogens (tertiary/aromatic N) is 2. The van der Waals surface area contributed by atoms with Crippen molar-refractivity contribution in [3.8, 4) is 0 Å². The number of carbonyl (C=O) groups is 1. The molecule has 0 aliphatic carbocycles. The molecule has 22 heavy (non-hydrogen) atoms. The van der Waals surface area contributed by atoms with Gasteiger partial charge in [0.05, 0.1) is 0 Å². The second-order valence-corrected chi connectivity index (χ2v) is 6.91. The van der Waals surface area contributed by atoms with E-state index >= 15 is 0 Å². The van der Waals surface area contributed by atoms with Crippen LogP contribution in [0.3, 0.4) is 0 Å². The van der Waals surface area contributed by atoms with Crippen molar-refractivity contribution in [1.29, 1.82) is 0 Å². The van der Waals surface area contributed by atoms with Crippen molar-refractivity contribution < 1.29 is 4.79 Å². The molecule has 0 radical (unpaired) electrons. The third-order valence-corrected chi connectivity index (χ3v) is 4.67. The Morgan fingerprint density at radius 2 is 1.77 bits per heavy atom. The molecule has 0 unspecified atom stereocenters. The molecule has 0 saturated carbocycles. The van der Waals surface area contributed by atoms with E-state index in [0.717, 1.165) is 37.7 Å². The fraction of sp³-hybridized carbons (Fsp3) is 0.588. The SMILES string of the molecule is CCN1CCN(C(=O)NCC(C)(C)c2ccc(Cl)cc2)CC1. The highest BCUT2D eigenvalue weighted by Gasteiger charge is 2.24. The van der Waals surface area contributed by atoms with E-state index < -0.39 is 0 Å². The Bertz CT molecular complexity index is 493. The Balaban J connectivity index is 1.86. The van der Waals surface area contributed by atoms with Gasteiger partial charge < -0.3 is 15.1 Å². The average Bonchev–Trinajstić information content (AvgIpc) is 2.53. The molecule has 1 aromatic carbocycles. The molecule has 5 heteroatoms. The lowest BCUT2D eigenvalue weighted by Gasteiger charge is -2.35. The number of piperazine rings is 1. The van der Waals surface area contributed by atoms with Crippen molar-refractivity contribution in [2.45, 2.75) is 26.2 Å². The Morgan fingerprint density at radius 3 is 2.32 bits per heavy atom. The Hall–Kier alpha value is -1.26. The number of hydrogen-bond acceptors (Lipinski definition) is 2. The first-order chi connectivity index (χ1) is 10.4. The van der Waals surface area contributed by atoms with Gasteiger partial charge in [0.15, 0.2) is 0 Å². The number of hydrogen-bond donors (Lipinski definition) is 1. The lowest BCUT2D eigenvalue weighted by Crippen LogP contribution is -2.53. The van der Waals surface area contributed by atoms with Gasteiger partial charge in [0.25, 0.3) is 0 Å². The van der Waals surface area contributed by atoms with Gasteiger partial charge in [0.2, 0.25) is 0 Å². The molecule has 1 aliphatic heterocycles. The van der Waals surface area contributed by atoms with Gasteiger partial charge in [0.1, 0.15) is 0 Å². The molecule has 1 heterocycles. The van der Waals surface area contributed by atoms with Crippen LogP contribution in [0.4, 0.5) is 4.79 Å². The first-order valence-electron chi connectivity index (χ1n) is 7.93. The van der Waals surface area contributed by atoms with Crippen LogP contribution in [0.1, 0.15) is 26.3 Å². The first kappa shape index (κ1) is 17.1. The van der Waals surface area contributed by atoms with Gasteiger partial charge in [0, 0.05) is 43.2 Å². The Kier molecular flexibility index (Phi) is 5.70. The summed E-state index contributed by atoms with van der Waals surface area (Å²) in [6.07, 6.45) is 0. The fourth-order valence-corrected chi connectivity index (χ4v) is 2.80. The van der Waals surface area contributed by atoms with Crippen molar-refractivity contribution in [3.63, 3.8) is 0 Å². The maximum atomic E-state index is 12.3. The van der Waals surface area contributed by atoms with Crippen LogP contribution in [0.5, 0.6) is 0 Å². The van der Waals surface area contributed by atoms with Gasteiger partial charge in [-0.15, -0.1) is 0 Å². The maximum Gasteiger partial charge on any atom is 0.317 e. The third kappa shape index (κ3) is 4.37. The normalized spacial score (nSPS) is 16.6. The van der Waals surface area contributed by atoms with E-state index in [0.29, 0.717) is 6.54 Å². The molecule has 122 valence electrons.